The molecule has 0 bridgehead atoms. The SMILES string of the molecule is Cc1cc2c3c(nc4ccc(F)cc4c3c1)-c1cc(F)ccc1N2. The van der Waals surface area contributed by atoms with Gasteiger partial charge in [-0.1, -0.05) is 6.07 Å². The van der Waals surface area contributed by atoms with E-state index in [4.69, 9.17) is 4.98 Å². The van der Waals surface area contributed by atoms with Gasteiger partial charge in [0.05, 0.1) is 11.2 Å². The maximum Gasteiger partial charge on any atom is 0.124 e. The second-order valence-corrected chi connectivity index (χ2v) is 6.17. The molecular formula is C20H12F2N2. The first kappa shape index (κ1) is 13.4. The van der Waals surface area contributed by atoms with Gasteiger partial charge in [-0.3, -0.25) is 0 Å². The molecule has 4 heteroatoms. The number of rotatable bonds is 0. The third-order valence-corrected chi connectivity index (χ3v) is 4.51. The summed E-state index contributed by atoms with van der Waals surface area (Å²) in [4.78, 5) is 4.71. The predicted molar refractivity (Wildman–Crippen MR) is 92.6 cm³/mol. The zero-order valence-electron chi connectivity index (χ0n) is 12.8. The lowest BCUT2D eigenvalue weighted by Gasteiger charge is -2.23. The first-order valence-corrected chi connectivity index (χ1v) is 7.71. The highest BCUT2D eigenvalue weighted by Crippen LogP contribution is 2.45. The van der Waals surface area contributed by atoms with E-state index in [-0.39, 0.29) is 11.6 Å². The van der Waals surface area contributed by atoms with Gasteiger partial charge >= 0.3 is 0 Å². The number of hydrogen-bond acceptors (Lipinski definition) is 2. The molecule has 1 aliphatic rings. The molecule has 0 saturated carbocycles. The molecule has 0 atom stereocenters. The summed E-state index contributed by atoms with van der Waals surface area (Å²) in [6, 6.07) is 13.3. The van der Waals surface area contributed by atoms with Gasteiger partial charge in [-0.2, -0.15) is 0 Å². The first-order chi connectivity index (χ1) is 11.6. The predicted octanol–water partition coefficient (Wildman–Crippen LogP) is 5.70. The van der Waals surface area contributed by atoms with E-state index in [0.29, 0.717) is 5.52 Å². The number of aryl methyl sites for hydroxylation is 1. The third kappa shape index (κ3) is 1.77. The zero-order chi connectivity index (χ0) is 16.4. The molecule has 0 unspecified atom stereocenters. The van der Waals surface area contributed by atoms with Crippen LogP contribution in [-0.4, -0.2) is 4.98 Å². The fraction of sp³-hybridized carbons (Fsp3) is 0.0500. The molecule has 0 spiro atoms. The number of pyridine rings is 1. The average Bonchev–Trinajstić information content (AvgIpc) is 2.55. The summed E-state index contributed by atoms with van der Waals surface area (Å²) in [5.74, 6) is -0.599. The summed E-state index contributed by atoms with van der Waals surface area (Å²) in [5, 5.41) is 5.94. The fourth-order valence-electron chi connectivity index (χ4n) is 3.51. The smallest absolute Gasteiger partial charge is 0.124 e. The Morgan fingerprint density at radius 3 is 2.50 bits per heavy atom. The number of benzene rings is 3. The Balaban J connectivity index is 2.03. The molecule has 24 heavy (non-hydrogen) atoms. The molecule has 4 aromatic rings. The topological polar surface area (TPSA) is 24.9 Å². The van der Waals surface area contributed by atoms with Gasteiger partial charge in [0, 0.05) is 27.7 Å². The zero-order valence-corrected chi connectivity index (χ0v) is 12.8. The molecule has 1 aromatic heterocycles. The number of aromatic nitrogens is 1. The van der Waals surface area contributed by atoms with E-state index in [1.165, 1.54) is 24.3 Å². The van der Waals surface area contributed by atoms with Crippen molar-refractivity contribution in [3.63, 3.8) is 0 Å². The second kappa shape index (κ2) is 4.51. The van der Waals surface area contributed by atoms with Gasteiger partial charge in [-0.25, -0.2) is 13.8 Å². The van der Waals surface area contributed by atoms with Crippen LogP contribution in [0.3, 0.4) is 0 Å². The molecule has 3 aromatic carbocycles. The van der Waals surface area contributed by atoms with Crippen molar-refractivity contribution in [3.05, 3.63) is 65.7 Å². The van der Waals surface area contributed by atoms with Gasteiger partial charge in [0.25, 0.3) is 0 Å². The molecule has 0 fully saturated rings. The summed E-state index contributed by atoms with van der Waals surface area (Å²) in [6.07, 6.45) is 0. The van der Waals surface area contributed by atoms with Crippen molar-refractivity contribution >= 4 is 33.1 Å². The van der Waals surface area contributed by atoms with Crippen molar-refractivity contribution in [2.75, 3.05) is 5.32 Å². The molecule has 1 N–H and O–H groups in total. The van der Waals surface area contributed by atoms with Gasteiger partial charge in [0.2, 0.25) is 0 Å². The highest BCUT2D eigenvalue weighted by molar-refractivity contribution is 6.18. The van der Waals surface area contributed by atoms with Crippen LogP contribution in [0, 0.1) is 18.6 Å². The van der Waals surface area contributed by atoms with Crippen LogP contribution in [0.15, 0.2) is 48.5 Å². The summed E-state index contributed by atoms with van der Waals surface area (Å²) in [5.41, 5.74) is 4.96. The highest BCUT2D eigenvalue weighted by atomic mass is 19.1. The van der Waals surface area contributed by atoms with Crippen LogP contribution in [0.25, 0.3) is 32.9 Å². The molecule has 0 saturated heterocycles. The molecular weight excluding hydrogens is 306 g/mol. The van der Waals surface area contributed by atoms with E-state index in [0.717, 1.165) is 44.4 Å². The van der Waals surface area contributed by atoms with E-state index in [1.807, 2.05) is 19.1 Å². The minimum absolute atomic E-state index is 0.294. The molecule has 0 radical (unpaired) electrons. The van der Waals surface area contributed by atoms with Crippen molar-refractivity contribution in [2.24, 2.45) is 0 Å². The van der Waals surface area contributed by atoms with Gasteiger partial charge in [0.15, 0.2) is 0 Å². The molecule has 2 nitrogen and oxygen atoms in total. The fourth-order valence-corrected chi connectivity index (χ4v) is 3.51. The van der Waals surface area contributed by atoms with Gasteiger partial charge < -0.3 is 5.32 Å². The number of halogens is 2. The molecule has 0 aliphatic carbocycles. The number of nitrogens with zero attached hydrogens (tertiary/aromatic N) is 1. The Hall–Kier alpha value is -3.01. The van der Waals surface area contributed by atoms with Crippen molar-refractivity contribution in [1.82, 2.24) is 4.98 Å². The highest BCUT2D eigenvalue weighted by Gasteiger charge is 2.22. The number of nitrogens with one attached hydrogen (secondary N) is 1. The number of hydrogen-bond donors (Lipinski definition) is 1. The quantitative estimate of drug-likeness (QED) is 0.371. The minimum Gasteiger partial charge on any atom is -0.354 e. The monoisotopic (exact) mass is 318 g/mol. The van der Waals surface area contributed by atoms with E-state index in [2.05, 4.69) is 5.32 Å². The largest absolute Gasteiger partial charge is 0.354 e. The lowest BCUT2D eigenvalue weighted by molar-refractivity contribution is 0.628. The van der Waals surface area contributed by atoms with Crippen LogP contribution in [0.1, 0.15) is 5.56 Å². The van der Waals surface area contributed by atoms with Crippen LogP contribution in [0.5, 0.6) is 0 Å². The van der Waals surface area contributed by atoms with E-state index < -0.39 is 0 Å². The maximum atomic E-state index is 13.8. The summed E-state index contributed by atoms with van der Waals surface area (Å²) in [6.45, 7) is 2.00. The maximum absolute atomic E-state index is 13.8. The van der Waals surface area contributed by atoms with Crippen LogP contribution in [0.2, 0.25) is 0 Å². The normalized spacial score (nSPS) is 12.3. The van der Waals surface area contributed by atoms with Crippen molar-refractivity contribution in [3.8, 4) is 11.3 Å². The van der Waals surface area contributed by atoms with Crippen LogP contribution in [-0.2, 0) is 0 Å². The van der Waals surface area contributed by atoms with E-state index in [1.54, 1.807) is 12.1 Å². The van der Waals surface area contributed by atoms with E-state index in [9.17, 15) is 8.78 Å². The lowest BCUT2D eigenvalue weighted by atomic mass is 9.93. The number of fused-ring (bicyclic) bond motifs is 4. The van der Waals surface area contributed by atoms with E-state index >= 15 is 0 Å². The summed E-state index contributed by atoms with van der Waals surface area (Å²) >= 11 is 0. The molecule has 0 amide bonds. The van der Waals surface area contributed by atoms with Gasteiger partial charge in [-0.15, -0.1) is 0 Å². The van der Waals surface area contributed by atoms with Crippen LogP contribution >= 0.6 is 0 Å². The second-order valence-electron chi connectivity index (χ2n) is 6.17. The third-order valence-electron chi connectivity index (χ3n) is 4.51. The van der Waals surface area contributed by atoms with Crippen molar-refractivity contribution in [2.45, 2.75) is 6.92 Å². The molecule has 1 aliphatic heterocycles. The summed E-state index contributed by atoms with van der Waals surface area (Å²) in [7, 11) is 0. The average molecular weight is 318 g/mol. The Kier molecular flexibility index (Phi) is 2.52. The lowest BCUT2D eigenvalue weighted by Crippen LogP contribution is -2.04. The summed E-state index contributed by atoms with van der Waals surface area (Å²) < 4.78 is 27.5. The van der Waals surface area contributed by atoms with Crippen molar-refractivity contribution < 1.29 is 8.78 Å². The van der Waals surface area contributed by atoms with Gasteiger partial charge in [0.1, 0.15) is 11.6 Å². The molecule has 116 valence electrons. The minimum atomic E-state index is -0.305. The first-order valence-electron chi connectivity index (χ1n) is 7.71. The Morgan fingerprint density at radius 1 is 0.833 bits per heavy atom. The van der Waals surface area contributed by atoms with Crippen molar-refractivity contribution in [1.29, 1.82) is 0 Å². The standard InChI is InChI=1S/C20H12F2N2/c1-10-6-14-13-8-11(21)2-4-16(13)24-20-15-9-12(22)3-5-17(15)23-18(7-10)19(14)20/h2-9,23H,1H3. The van der Waals surface area contributed by atoms with Crippen LogP contribution in [0.4, 0.5) is 20.2 Å². The van der Waals surface area contributed by atoms with Gasteiger partial charge in [-0.05, 0) is 60.3 Å². The number of anilines is 2. The Labute approximate surface area is 136 Å². The molecule has 5 rings (SSSR count). The Morgan fingerprint density at radius 2 is 1.62 bits per heavy atom. The Bertz CT molecular complexity index is 1170. The van der Waals surface area contributed by atoms with Crippen LogP contribution < -0.4 is 5.32 Å². The molecule has 2 heterocycles.